The minimum Gasteiger partial charge on any atom is -0.375 e. The van der Waals surface area contributed by atoms with Gasteiger partial charge >= 0.3 is 5.84 Å². The van der Waals surface area contributed by atoms with Gasteiger partial charge in [0.05, 0.1) is 5.70 Å². The highest BCUT2D eigenvalue weighted by molar-refractivity contribution is 5.71. The summed E-state index contributed by atoms with van der Waals surface area (Å²) in [6.07, 6.45) is 5.06. The van der Waals surface area contributed by atoms with E-state index in [1.807, 2.05) is 14.0 Å². The maximum atomic E-state index is 10.5. The molecular weight excluding hydrogens is 268 g/mol. The fourth-order valence-corrected chi connectivity index (χ4v) is 1.74. The van der Waals surface area contributed by atoms with E-state index in [4.69, 9.17) is 0 Å². The normalized spacial score (nSPS) is 14.4. The summed E-state index contributed by atoms with van der Waals surface area (Å²) in [6, 6.07) is 0.524. The van der Waals surface area contributed by atoms with Gasteiger partial charge in [0.2, 0.25) is 0 Å². The molecule has 0 saturated heterocycles. The van der Waals surface area contributed by atoms with Crippen molar-refractivity contribution in [1.29, 1.82) is 0 Å². The summed E-state index contributed by atoms with van der Waals surface area (Å²) in [5.74, 6) is -0.0876. The number of hydrogen-bond acceptors (Lipinski definition) is 5. The van der Waals surface area contributed by atoms with Crippen LogP contribution in [0.3, 0.4) is 0 Å². The van der Waals surface area contributed by atoms with E-state index < -0.39 is 4.92 Å². The van der Waals surface area contributed by atoms with Gasteiger partial charge in [0.25, 0.3) is 0 Å². The standard InChI is InChI=1S/C15H30N4O2/c1-7-8-10-17(5)13(2)9-11-18(6)14(3)12-16-15(4)19(20)21/h12-13H,7-11H2,1-6H3/b14-12+,16-15?. The molecule has 0 aliphatic carbocycles. The summed E-state index contributed by atoms with van der Waals surface area (Å²) in [5, 5.41) is 10.5. The van der Waals surface area contributed by atoms with Crippen LogP contribution in [0.4, 0.5) is 0 Å². The molecule has 21 heavy (non-hydrogen) atoms. The summed E-state index contributed by atoms with van der Waals surface area (Å²) in [7, 11) is 4.15. The van der Waals surface area contributed by atoms with Crippen molar-refractivity contribution in [1.82, 2.24) is 9.80 Å². The topological polar surface area (TPSA) is 62.0 Å². The third kappa shape index (κ3) is 8.45. The highest BCUT2D eigenvalue weighted by Crippen LogP contribution is 2.07. The maximum absolute atomic E-state index is 10.5. The number of rotatable bonds is 9. The Morgan fingerprint density at radius 1 is 1.33 bits per heavy atom. The van der Waals surface area contributed by atoms with Crippen molar-refractivity contribution in [3.8, 4) is 0 Å². The summed E-state index contributed by atoms with van der Waals surface area (Å²) in [4.78, 5) is 18.3. The van der Waals surface area contributed by atoms with E-state index in [9.17, 15) is 10.1 Å². The van der Waals surface area contributed by atoms with E-state index >= 15 is 0 Å². The smallest absolute Gasteiger partial charge is 0.335 e. The molecule has 0 rings (SSSR count). The van der Waals surface area contributed by atoms with Crippen molar-refractivity contribution in [2.45, 2.75) is 53.0 Å². The van der Waals surface area contributed by atoms with Crippen molar-refractivity contribution >= 4 is 5.84 Å². The molecule has 0 saturated carbocycles. The van der Waals surface area contributed by atoms with Gasteiger partial charge in [-0.1, -0.05) is 13.3 Å². The summed E-state index contributed by atoms with van der Waals surface area (Å²) >= 11 is 0. The molecule has 0 aliphatic heterocycles. The summed E-state index contributed by atoms with van der Waals surface area (Å²) in [6.45, 7) is 9.79. The van der Waals surface area contributed by atoms with Crippen LogP contribution in [-0.2, 0) is 0 Å². The van der Waals surface area contributed by atoms with Crippen LogP contribution in [0.15, 0.2) is 16.9 Å². The van der Waals surface area contributed by atoms with E-state index in [1.54, 1.807) is 6.20 Å². The zero-order valence-corrected chi connectivity index (χ0v) is 14.3. The zero-order valence-electron chi connectivity index (χ0n) is 14.3. The van der Waals surface area contributed by atoms with Crippen molar-refractivity contribution in [2.75, 3.05) is 27.2 Å². The number of nitrogens with zero attached hydrogens (tertiary/aromatic N) is 4. The molecule has 6 nitrogen and oxygen atoms in total. The number of amidine groups is 1. The Balaban J connectivity index is 4.30. The molecule has 6 heteroatoms. The minimum absolute atomic E-state index is 0.0876. The van der Waals surface area contributed by atoms with Crippen LogP contribution in [0.25, 0.3) is 0 Å². The fraction of sp³-hybridized carbons (Fsp3) is 0.800. The molecular formula is C15H30N4O2. The minimum atomic E-state index is -0.478. The highest BCUT2D eigenvalue weighted by Gasteiger charge is 2.10. The van der Waals surface area contributed by atoms with Gasteiger partial charge < -0.3 is 19.9 Å². The van der Waals surface area contributed by atoms with Gasteiger partial charge in [0, 0.05) is 26.6 Å². The quantitative estimate of drug-likeness (QED) is 0.284. The molecule has 1 atom stereocenters. The van der Waals surface area contributed by atoms with Crippen LogP contribution in [0.5, 0.6) is 0 Å². The van der Waals surface area contributed by atoms with Gasteiger partial charge in [-0.2, -0.15) is 0 Å². The Morgan fingerprint density at radius 2 is 1.95 bits per heavy atom. The average Bonchev–Trinajstić information content (AvgIpc) is 2.46. The second kappa shape index (κ2) is 10.3. The average molecular weight is 298 g/mol. The molecule has 0 amide bonds. The Bertz CT molecular complexity index is 380. The SMILES string of the molecule is CCCCN(C)C(C)CCN(C)/C(C)=C/N=C(C)[N+](=O)[O-]. The first-order valence-electron chi connectivity index (χ1n) is 7.56. The molecule has 0 N–H and O–H groups in total. The van der Waals surface area contributed by atoms with E-state index in [1.165, 1.54) is 19.8 Å². The molecule has 0 aromatic rings. The summed E-state index contributed by atoms with van der Waals surface area (Å²) in [5.41, 5.74) is 0.930. The van der Waals surface area contributed by atoms with Crippen molar-refractivity contribution < 1.29 is 4.92 Å². The lowest BCUT2D eigenvalue weighted by molar-refractivity contribution is -0.351. The molecule has 0 aromatic heterocycles. The predicted octanol–water partition coefficient (Wildman–Crippen LogP) is 2.99. The van der Waals surface area contributed by atoms with Crippen LogP contribution in [0, 0.1) is 10.1 Å². The number of hydrogen-bond donors (Lipinski definition) is 0. The van der Waals surface area contributed by atoms with Gasteiger partial charge in [-0.05, 0) is 50.2 Å². The zero-order chi connectivity index (χ0) is 16.4. The molecule has 0 aliphatic rings. The van der Waals surface area contributed by atoms with E-state index in [0.29, 0.717) is 6.04 Å². The molecule has 0 aromatic carbocycles. The van der Waals surface area contributed by atoms with Crippen LogP contribution in [0.2, 0.25) is 0 Å². The lowest BCUT2D eigenvalue weighted by atomic mass is 10.2. The Hall–Kier alpha value is -1.43. The lowest BCUT2D eigenvalue weighted by Crippen LogP contribution is -2.33. The van der Waals surface area contributed by atoms with Crippen molar-refractivity contribution in [2.24, 2.45) is 4.99 Å². The third-order valence-corrected chi connectivity index (χ3v) is 3.80. The number of aliphatic imine (C=N–C) groups is 1. The van der Waals surface area contributed by atoms with Crippen LogP contribution in [-0.4, -0.2) is 53.8 Å². The monoisotopic (exact) mass is 298 g/mol. The third-order valence-electron chi connectivity index (χ3n) is 3.80. The molecule has 0 bridgehead atoms. The fourth-order valence-electron chi connectivity index (χ4n) is 1.74. The van der Waals surface area contributed by atoms with Gasteiger partial charge in [0.15, 0.2) is 6.20 Å². The second-order valence-electron chi connectivity index (χ2n) is 5.60. The highest BCUT2D eigenvalue weighted by atomic mass is 16.6. The van der Waals surface area contributed by atoms with Gasteiger partial charge in [-0.15, -0.1) is 0 Å². The molecule has 0 heterocycles. The maximum Gasteiger partial charge on any atom is 0.335 e. The first-order chi connectivity index (χ1) is 9.79. The van der Waals surface area contributed by atoms with Crippen LogP contribution in [0.1, 0.15) is 47.0 Å². The Morgan fingerprint density at radius 3 is 2.48 bits per heavy atom. The van der Waals surface area contributed by atoms with Crippen LogP contribution >= 0.6 is 0 Å². The van der Waals surface area contributed by atoms with Crippen molar-refractivity contribution in [3.63, 3.8) is 0 Å². The van der Waals surface area contributed by atoms with Gasteiger partial charge in [0.1, 0.15) is 0 Å². The predicted molar refractivity (Wildman–Crippen MR) is 88.1 cm³/mol. The number of nitro groups is 1. The van der Waals surface area contributed by atoms with E-state index in [2.05, 4.69) is 35.7 Å². The largest absolute Gasteiger partial charge is 0.375 e. The Kier molecular flexibility index (Phi) is 9.62. The summed E-state index contributed by atoms with van der Waals surface area (Å²) < 4.78 is 0. The lowest BCUT2D eigenvalue weighted by Gasteiger charge is -2.27. The molecule has 1 unspecified atom stereocenters. The number of unbranched alkanes of at least 4 members (excludes halogenated alkanes) is 1. The first kappa shape index (κ1) is 19.6. The molecule has 0 fully saturated rings. The van der Waals surface area contributed by atoms with E-state index in [0.717, 1.165) is 25.2 Å². The van der Waals surface area contributed by atoms with Gasteiger partial charge in [-0.3, -0.25) is 0 Å². The van der Waals surface area contributed by atoms with Crippen molar-refractivity contribution in [3.05, 3.63) is 22.0 Å². The van der Waals surface area contributed by atoms with Crippen LogP contribution < -0.4 is 0 Å². The Labute approximate surface area is 128 Å². The van der Waals surface area contributed by atoms with Gasteiger partial charge in [-0.25, -0.2) is 0 Å². The first-order valence-corrected chi connectivity index (χ1v) is 7.56. The van der Waals surface area contributed by atoms with E-state index in [-0.39, 0.29) is 5.84 Å². The number of allylic oxidation sites excluding steroid dienone is 1. The second-order valence-corrected chi connectivity index (χ2v) is 5.60. The molecule has 0 spiro atoms. The molecule has 0 radical (unpaired) electrons. The molecule has 122 valence electrons.